The standard InChI is InChI=1S/C13H19FN2O3/c1-16(7-10(17)9-19-2)8-13(18)15-12-6-4-3-5-11(12)14/h3-6,10,17H,7-9H2,1-2H3,(H,15,18). The molecular formula is C13H19FN2O3. The first-order chi connectivity index (χ1) is 9.02. The van der Waals surface area contributed by atoms with Gasteiger partial charge in [0, 0.05) is 13.7 Å². The lowest BCUT2D eigenvalue weighted by Gasteiger charge is -2.19. The second-order valence-electron chi connectivity index (χ2n) is 4.33. The lowest BCUT2D eigenvalue weighted by Crippen LogP contribution is -2.37. The summed E-state index contributed by atoms with van der Waals surface area (Å²) >= 11 is 0. The molecule has 0 spiro atoms. The maximum atomic E-state index is 13.3. The number of carbonyl (C=O) groups is 1. The predicted molar refractivity (Wildman–Crippen MR) is 70.4 cm³/mol. The van der Waals surface area contributed by atoms with E-state index in [0.29, 0.717) is 6.54 Å². The van der Waals surface area contributed by atoms with Crippen molar-refractivity contribution in [3.63, 3.8) is 0 Å². The van der Waals surface area contributed by atoms with E-state index in [0.717, 1.165) is 0 Å². The van der Waals surface area contributed by atoms with E-state index in [1.165, 1.54) is 19.2 Å². The topological polar surface area (TPSA) is 61.8 Å². The minimum absolute atomic E-state index is 0.0646. The van der Waals surface area contributed by atoms with Crippen LogP contribution in [-0.2, 0) is 9.53 Å². The van der Waals surface area contributed by atoms with E-state index in [1.807, 2.05) is 0 Å². The molecule has 19 heavy (non-hydrogen) atoms. The van der Waals surface area contributed by atoms with Crippen molar-refractivity contribution < 1.29 is 19.0 Å². The Bertz CT molecular complexity index is 415. The van der Waals surface area contributed by atoms with Crippen LogP contribution >= 0.6 is 0 Å². The van der Waals surface area contributed by atoms with Gasteiger partial charge in [-0.3, -0.25) is 9.69 Å². The molecule has 0 bridgehead atoms. The number of halogens is 1. The van der Waals surface area contributed by atoms with Gasteiger partial charge in [0.15, 0.2) is 0 Å². The normalized spacial score (nSPS) is 12.5. The van der Waals surface area contributed by atoms with Gasteiger partial charge in [0.05, 0.1) is 24.9 Å². The smallest absolute Gasteiger partial charge is 0.238 e. The number of methoxy groups -OCH3 is 1. The Morgan fingerprint density at radius 3 is 2.84 bits per heavy atom. The van der Waals surface area contributed by atoms with Crippen LogP contribution in [0.15, 0.2) is 24.3 Å². The summed E-state index contributed by atoms with van der Waals surface area (Å²) in [6.07, 6.45) is -0.656. The number of aliphatic hydroxyl groups is 1. The molecular weight excluding hydrogens is 251 g/mol. The number of nitrogens with one attached hydrogen (secondary N) is 1. The van der Waals surface area contributed by atoms with Crippen molar-refractivity contribution in [1.82, 2.24) is 4.90 Å². The average molecular weight is 270 g/mol. The summed E-state index contributed by atoms with van der Waals surface area (Å²) in [7, 11) is 3.19. The number of likely N-dealkylation sites (N-methyl/N-ethyl adjacent to an activating group) is 1. The number of aliphatic hydroxyl groups excluding tert-OH is 1. The number of ether oxygens (including phenoxy) is 1. The van der Waals surface area contributed by atoms with Gasteiger partial charge in [-0.15, -0.1) is 0 Å². The number of para-hydroxylation sites is 1. The van der Waals surface area contributed by atoms with Gasteiger partial charge in [-0.05, 0) is 19.2 Å². The largest absolute Gasteiger partial charge is 0.389 e. The molecule has 1 aromatic carbocycles. The lowest BCUT2D eigenvalue weighted by atomic mass is 10.3. The highest BCUT2D eigenvalue weighted by atomic mass is 19.1. The predicted octanol–water partition coefficient (Wildman–Crippen LogP) is 0.703. The van der Waals surface area contributed by atoms with Gasteiger partial charge in [0.1, 0.15) is 5.82 Å². The summed E-state index contributed by atoms with van der Waals surface area (Å²) in [5, 5.41) is 12.0. The fraction of sp³-hybridized carbons (Fsp3) is 0.462. The molecule has 0 aliphatic rings. The molecule has 1 amide bonds. The summed E-state index contributed by atoms with van der Waals surface area (Å²) in [5.74, 6) is -0.810. The molecule has 0 fully saturated rings. The molecule has 106 valence electrons. The van der Waals surface area contributed by atoms with Gasteiger partial charge in [0.25, 0.3) is 0 Å². The van der Waals surface area contributed by atoms with Crippen molar-refractivity contribution in [3.05, 3.63) is 30.1 Å². The molecule has 1 unspecified atom stereocenters. The van der Waals surface area contributed by atoms with E-state index in [9.17, 15) is 14.3 Å². The Balaban J connectivity index is 2.41. The molecule has 2 N–H and O–H groups in total. The van der Waals surface area contributed by atoms with Gasteiger partial charge in [-0.2, -0.15) is 0 Å². The first kappa shape index (κ1) is 15.6. The Hall–Kier alpha value is -1.50. The van der Waals surface area contributed by atoms with E-state index in [2.05, 4.69) is 5.32 Å². The van der Waals surface area contributed by atoms with E-state index in [4.69, 9.17) is 4.74 Å². The summed E-state index contributed by atoms with van der Waals surface area (Å²) in [4.78, 5) is 13.3. The highest BCUT2D eigenvalue weighted by Crippen LogP contribution is 2.11. The zero-order chi connectivity index (χ0) is 14.3. The van der Waals surface area contributed by atoms with Crippen LogP contribution in [0.4, 0.5) is 10.1 Å². The molecule has 6 heteroatoms. The number of nitrogens with zero attached hydrogens (tertiary/aromatic N) is 1. The van der Waals surface area contributed by atoms with Crippen LogP contribution in [0.2, 0.25) is 0 Å². The number of amides is 1. The first-order valence-electron chi connectivity index (χ1n) is 5.93. The maximum Gasteiger partial charge on any atom is 0.238 e. The second-order valence-corrected chi connectivity index (χ2v) is 4.33. The zero-order valence-corrected chi connectivity index (χ0v) is 11.1. The molecule has 0 saturated carbocycles. The van der Waals surface area contributed by atoms with Crippen molar-refractivity contribution in [2.24, 2.45) is 0 Å². The maximum absolute atomic E-state index is 13.3. The molecule has 1 atom stereocenters. The number of rotatable bonds is 7. The summed E-state index contributed by atoms with van der Waals surface area (Å²) in [6.45, 7) is 0.576. The Morgan fingerprint density at radius 2 is 2.21 bits per heavy atom. The lowest BCUT2D eigenvalue weighted by molar-refractivity contribution is -0.117. The van der Waals surface area contributed by atoms with Crippen molar-refractivity contribution in [1.29, 1.82) is 0 Å². The zero-order valence-electron chi connectivity index (χ0n) is 11.1. The van der Waals surface area contributed by atoms with Crippen LogP contribution in [0.25, 0.3) is 0 Å². The number of anilines is 1. The summed E-state index contributed by atoms with van der Waals surface area (Å²) in [6, 6.07) is 5.97. The van der Waals surface area contributed by atoms with Crippen LogP contribution < -0.4 is 5.32 Å². The summed E-state index contributed by atoms with van der Waals surface area (Å²) < 4.78 is 18.1. The van der Waals surface area contributed by atoms with E-state index in [-0.39, 0.29) is 24.7 Å². The Morgan fingerprint density at radius 1 is 1.53 bits per heavy atom. The van der Waals surface area contributed by atoms with Crippen molar-refractivity contribution >= 4 is 11.6 Å². The summed E-state index contributed by atoms with van der Waals surface area (Å²) in [5.41, 5.74) is 0.151. The molecule has 0 saturated heterocycles. The Kier molecular flexibility index (Phi) is 6.41. The number of hydrogen-bond donors (Lipinski definition) is 2. The quantitative estimate of drug-likeness (QED) is 0.766. The highest BCUT2D eigenvalue weighted by Gasteiger charge is 2.12. The number of hydrogen-bond acceptors (Lipinski definition) is 4. The van der Waals surface area contributed by atoms with E-state index >= 15 is 0 Å². The van der Waals surface area contributed by atoms with Crippen molar-refractivity contribution in [3.8, 4) is 0 Å². The van der Waals surface area contributed by atoms with Crippen molar-refractivity contribution in [2.75, 3.05) is 39.2 Å². The van der Waals surface area contributed by atoms with Gasteiger partial charge >= 0.3 is 0 Å². The molecule has 0 aromatic heterocycles. The molecule has 0 heterocycles. The van der Waals surface area contributed by atoms with Gasteiger partial charge < -0.3 is 15.2 Å². The molecule has 0 radical (unpaired) electrons. The fourth-order valence-electron chi connectivity index (χ4n) is 1.67. The Labute approximate surface area is 112 Å². The van der Waals surface area contributed by atoms with Gasteiger partial charge in [-0.1, -0.05) is 12.1 Å². The van der Waals surface area contributed by atoms with Gasteiger partial charge in [-0.25, -0.2) is 4.39 Å². The first-order valence-corrected chi connectivity index (χ1v) is 5.93. The SMILES string of the molecule is COCC(O)CN(C)CC(=O)Nc1ccccc1F. The van der Waals surface area contributed by atoms with Crippen LogP contribution in [-0.4, -0.2) is 55.9 Å². The number of carbonyl (C=O) groups excluding carboxylic acids is 1. The number of benzene rings is 1. The monoisotopic (exact) mass is 270 g/mol. The van der Waals surface area contributed by atoms with Crippen molar-refractivity contribution in [2.45, 2.75) is 6.10 Å². The van der Waals surface area contributed by atoms with Crippen LogP contribution in [0.3, 0.4) is 0 Å². The third-order valence-electron chi connectivity index (χ3n) is 2.44. The van der Waals surface area contributed by atoms with Crippen LogP contribution in [0.1, 0.15) is 0 Å². The molecule has 1 rings (SSSR count). The van der Waals surface area contributed by atoms with E-state index < -0.39 is 11.9 Å². The third kappa shape index (κ3) is 5.78. The van der Waals surface area contributed by atoms with Crippen LogP contribution in [0.5, 0.6) is 0 Å². The fourth-order valence-corrected chi connectivity index (χ4v) is 1.67. The van der Waals surface area contributed by atoms with Crippen LogP contribution in [0, 0.1) is 5.82 Å². The highest BCUT2D eigenvalue weighted by molar-refractivity contribution is 5.92. The second kappa shape index (κ2) is 7.83. The molecule has 1 aromatic rings. The van der Waals surface area contributed by atoms with Gasteiger partial charge in [0.2, 0.25) is 5.91 Å². The third-order valence-corrected chi connectivity index (χ3v) is 2.44. The van der Waals surface area contributed by atoms with E-state index in [1.54, 1.807) is 24.1 Å². The molecule has 5 nitrogen and oxygen atoms in total. The molecule has 0 aliphatic heterocycles. The minimum Gasteiger partial charge on any atom is -0.389 e. The molecule has 0 aliphatic carbocycles. The average Bonchev–Trinajstić information content (AvgIpc) is 2.31. The minimum atomic E-state index is -0.656.